The number of nitrogens with two attached hydrogens (primary N) is 1. The standard InChI is InChI=1S/C14H12BrFN2O/c1-8-3-2-4-12(17)13(8)14(19)18-9-5-6-11(16)10(15)7-9/h2-7H,17H2,1H3,(H,18,19). The number of nitrogen functional groups attached to an aromatic ring is 1. The Balaban J connectivity index is 2.28. The van der Waals surface area contributed by atoms with Crippen molar-refractivity contribution in [1.29, 1.82) is 0 Å². The highest BCUT2D eigenvalue weighted by Crippen LogP contribution is 2.22. The van der Waals surface area contributed by atoms with Gasteiger partial charge in [-0.2, -0.15) is 0 Å². The lowest BCUT2D eigenvalue weighted by atomic mass is 10.1. The summed E-state index contributed by atoms with van der Waals surface area (Å²) in [5.74, 6) is -0.692. The Kier molecular flexibility index (Phi) is 3.85. The van der Waals surface area contributed by atoms with Gasteiger partial charge in [0.25, 0.3) is 5.91 Å². The number of nitrogens with one attached hydrogen (secondary N) is 1. The number of rotatable bonds is 2. The van der Waals surface area contributed by atoms with Crippen LogP contribution in [0.4, 0.5) is 15.8 Å². The lowest BCUT2D eigenvalue weighted by Gasteiger charge is -2.10. The van der Waals surface area contributed by atoms with Gasteiger partial charge in [0.2, 0.25) is 0 Å². The van der Waals surface area contributed by atoms with E-state index >= 15 is 0 Å². The Morgan fingerprint density at radius 3 is 2.68 bits per heavy atom. The van der Waals surface area contributed by atoms with Crippen LogP contribution < -0.4 is 11.1 Å². The molecule has 1 amide bonds. The van der Waals surface area contributed by atoms with Crippen molar-refractivity contribution in [1.82, 2.24) is 0 Å². The maximum Gasteiger partial charge on any atom is 0.258 e. The molecule has 0 aromatic heterocycles. The number of halogens is 2. The van der Waals surface area contributed by atoms with E-state index < -0.39 is 0 Å². The molecule has 19 heavy (non-hydrogen) atoms. The summed E-state index contributed by atoms with van der Waals surface area (Å²) in [5.41, 5.74) is 7.94. The zero-order chi connectivity index (χ0) is 14.0. The fourth-order valence-electron chi connectivity index (χ4n) is 1.77. The van der Waals surface area contributed by atoms with Crippen LogP contribution >= 0.6 is 15.9 Å². The minimum Gasteiger partial charge on any atom is -0.398 e. The second-order valence-corrected chi connectivity index (χ2v) is 4.98. The Hall–Kier alpha value is -1.88. The van der Waals surface area contributed by atoms with Crippen LogP contribution in [-0.4, -0.2) is 5.91 Å². The first-order chi connectivity index (χ1) is 8.99. The molecule has 0 saturated heterocycles. The van der Waals surface area contributed by atoms with Gasteiger partial charge in [-0.05, 0) is 52.7 Å². The molecule has 98 valence electrons. The zero-order valence-electron chi connectivity index (χ0n) is 10.2. The summed E-state index contributed by atoms with van der Waals surface area (Å²) in [4.78, 5) is 12.2. The van der Waals surface area contributed by atoms with Crippen LogP contribution in [0.5, 0.6) is 0 Å². The third-order valence-corrected chi connectivity index (χ3v) is 3.32. The summed E-state index contributed by atoms with van der Waals surface area (Å²) >= 11 is 3.07. The predicted octanol–water partition coefficient (Wildman–Crippen LogP) is 3.73. The fourth-order valence-corrected chi connectivity index (χ4v) is 2.15. The summed E-state index contributed by atoms with van der Waals surface area (Å²) < 4.78 is 13.4. The number of benzene rings is 2. The van der Waals surface area contributed by atoms with E-state index in [1.807, 2.05) is 13.0 Å². The van der Waals surface area contributed by atoms with E-state index in [1.54, 1.807) is 12.1 Å². The summed E-state index contributed by atoms with van der Waals surface area (Å²) in [7, 11) is 0. The van der Waals surface area contributed by atoms with Crippen LogP contribution in [0.3, 0.4) is 0 Å². The number of carbonyl (C=O) groups excluding carboxylic acids is 1. The lowest BCUT2D eigenvalue weighted by Crippen LogP contribution is -2.15. The number of aryl methyl sites for hydroxylation is 1. The Labute approximate surface area is 118 Å². The molecule has 0 atom stereocenters. The van der Waals surface area contributed by atoms with E-state index in [2.05, 4.69) is 21.2 Å². The molecular formula is C14H12BrFN2O. The van der Waals surface area contributed by atoms with E-state index in [9.17, 15) is 9.18 Å². The van der Waals surface area contributed by atoms with Crippen molar-refractivity contribution in [2.75, 3.05) is 11.1 Å². The highest BCUT2D eigenvalue weighted by Gasteiger charge is 2.13. The van der Waals surface area contributed by atoms with E-state index in [-0.39, 0.29) is 11.7 Å². The molecule has 3 nitrogen and oxygen atoms in total. The van der Waals surface area contributed by atoms with Crippen LogP contribution in [0.15, 0.2) is 40.9 Å². The average Bonchev–Trinajstić information content (AvgIpc) is 2.33. The third-order valence-electron chi connectivity index (χ3n) is 2.71. The van der Waals surface area contributed by atoms with E-state index in [4.69, 9.17) is 5.73 Å². The number of carbonyl (C=O) groups is 1. The van der Waals surface area contributed by atoms with Crippen LogP contribution in [0.25, 0.3) is 0 Å². The predicted molar refractivity (Wildman–Crippen MR) is 77.6 cm³/mol. The monoisotopic (exact) mass is 322 g/mol. The molecule has 0 saturated carbocycles. The summed E-state index contributed by atoms with van der Waals surface area (Å²) in [6, 6.07) is 9.54. The van der Waals surface area contributed by atoms with Crippen LogP contribution in [-0.2, 0) is 0 Å². The lowest BCUT2D eigenvalue weighted by molar-refractivity contribution is 0.102. The number of anilines is 2. The van der Waals surface area contributed by atoms with Crippen molar-refractivity contribution in [3.05, 3.63) is 57.8 Å². The normalized spacial score (nSPS) is 10.3. The molecule has 0 aliphatic rings. The minimum absolute atomic E-state index is 0.294. The zero-order valence-corrected chi connectivity index (χ0v) is 11.8. The van der Waals surface area contributed by atoms with Gasteiger partial charge in [0.1, 0.15) is 5.82 Å². The van der Waals surface area contributed by atoms with Crippen LogP contribution in [0.1, 0.15) is 15.9 Å². The smallest absolute Gasteiger partial charge is 0.258 e. The minimum atomic E-state index is -0.381. The second-order valence-electron chi connectivity index (χ2n) is 4.12. The van der Waals surface area contributed by atoms with Crippen molar-refractivity contribution >= 4 is 33.2 Å². The van der Waals surface area contributed by atoms with Gasteiger partial charge >= 0.3 is 0 Å². The van der Waals surface area contributed by atoms with Gasteiger partial charge in [-0.1, -0.05) is 12.1 Å². The number of amides is 1. The van der Waals surface area contributed by atoms with Gasteiger partial charge in [-0.15, -0.1) is 0 Å². The maximum absolute atomic E-state index is 13.1. The first kappa shape index (κ1) is 13.5. The van der Waals surface area contributed by atoms with Gasteiger partial charge in [0, 0.05) is 11.4 Å². The van der Waals surface area contributed by atoms with Gasteiger partial charge < -0.3 is 11.1 Å². The van der Waals surface area contributed by atoms with Crippen LogP contribution in [0, 0.1) is 12.7 Å². The quantitative estimate of drug-likeness (QED) is 0.828. The molecular weight excluding hydrogens is 311 g/mol. The Morgan fingerprint density at radius 2 is 2.05 bits per heavy atom. The van der Waals surface area contributed by atoms with Gasteiger partial charge in [0.15, 0.2) is 0 Å². The van der Waals surface area contributed by atoms with Gasteiger partial charge in [-0.25, -0.2) is 4.39 Å². The van der Waals surface area contributed by atoms with Crippen molar-refractivity contribution in [2.45, 2.75) is 6.92 Å². The molecule has 0 aliphatic carbocycles. The van der Waals surface area contributed by atoms with E-state index in [1.165, 1.54) is 18.2 Å². The molecule has 5 heteroatoms. The molecule has 3 N–H and O–H groups in total. The molecule has 0 aliphatic heterocycles. The van der Waals surface area contributed by atoms with E-state index in [0.29, 0.717) is 21.4 Å². The van der Waals surface area contributed by atoms with Crippen molar-refractivity contribution in [3.63, 3.8) is 0 Å². The first-order valence-electron chi connectivity index (χ1n) is 5.60. The molecule has 2 aromatic rings. The molecule has 0 spiro atoms. The second kappa shape index (κ2) is 5.40. The maximum atomic E-state index is 13.1. The fraction of sp³-hybridized carbons (Fsp3) is 0.0714. The SMILES string of the molecule is Cc1cccc(N)c1C(=O)Nc1ccc(F)c(Br)c1. The largest absolute Gasteiger partial charge is 0.398 e. The highest BCUT2D eigenvalue weighted by molar-refractivity contribution is 9.10. The molecule has 0 radical (unpaired) electrons. The van der Waals surface area contributed by atoms with Gasteiger partial charge in [0.05, 0.1) is 10.0 Å². The number of hydrogen-bond donors (Lipinski definition) is 2. The molecule has 2 aromatic carbocycles. The molecule has 2 rings (SSSR count). The summed E-state index contributed by atoms with van der Waals surface area (Å²) in [6.45, 7) is 1.81. The molecule has 0 bridgehead atoms. The average molecular weight is 323 g/mol. The van der Waals surface area contributed by atoms with Crippen LogP contribution in [0.2, 0.25) is 0 Å². The molecule has 0 heterocycles. The summed E-state index contributed by atoms with van der Waals surface area (Å²) in [5, 5.41) is 2.69. The van der Waals surface area contributed by atoms with Crippen molar-refractivity contribution in [3.8, 4) is 0 Å². The summed E-state index contributed by atoms with van der Waals surface area (Å²) in [6.07, 6.45) is 0. The topological polar surface area (TPSA) is 55.1 Å². The first-order valence-corrected chi connectivity index (χ1v) is 6.40. The van der Waals surface area contributed by atoms with Crippen molar-refractivity contribution in [2.24, 2.45) is 0 Å². The highest BCUT2D eigenvalue weighted by atomic mass is 79.9. The number of hydrogen-bond acceptors (Lipinski definition) is 2. The molecule has 0 unspecified atom stereocenters. The third kappa shape index (κ3) is 2.93. The Morgan fingerprint density at radius 1 is 1.32 bits per heavy atom. The van der Waals surface area contributed by atoms with Gasteiger partial charge in [-0.3, -0.25) is 4.79 Å². The Bertz CT molecular complexity index is 623. The molecule has 0 fully saturated rings. The van der Waals surface area contributed by atoms with E-state index in [0.717, 1.165) is 5.56 Å². The van der Waals surface area contributed by atoms with Crippen molar-refractivity contribution < 1.29 is 9.18 Å².